The molecule has 0 aliphatic heterocycles. The Morgan fingerprint density at radius 2 is 2.20 bits per heavy atom. The van der Waals surface area contributed by atoms with Gasteiger partial charge in [0.05, 0.1) is 6.04 Å². The molecule has 20 heavy (non-hydrogen) atoms. The highest BCUT2D eigenvalue weighted by Gasteiger charge is 2.37. The summed E-state index contributed by atoms with van der Waals surface area (Å²) < 4.78 is 0. The number of fused-ring (bicyclic) bond motifs is 1. The minimum atomic E-state index is -0.489. The molecule has 4 N–H and O–H groups in total. The van der Waals surface area contributed by atoms with E-state index in [1.54, 1.807) is 0 Å². The Bertz CT molecular complexity index is 627. The second kappa shape index (κ2) is 4.94. The SMILES string of the molecule is CC1(CNC(=O)[C@@H](N)Cc2c[nH]c3ccccc23)CC1. The number of aromatic amines is 1. The molecule has 1 aromatic carbocycles. The third-order valence-electron chi connectivity index (χ3n) is 4.24. The summed E-state index contributed by atoms with van der Waals surface area (Å²) in [5, 5.41) is 4.11. The van der Waals surface area contributed by atoms with E-state index in [9.17, 15) is 4.79 Å². The number of hydrogen-bond donors (Lipinski definition) is 3. The van der Waals surface area contributed by atoms with Crippen molar-refractivity contribution >= 4 is 16.8 Å². The molecule has 0 bridgehead atoms. The highest BCUT2D eigenvalue weighted by atomic mass is 16.2. The second-order valence-electron chi connectivity index (χ2n) is 6.20. The first-order valence-electron chi connectivity index (χ1n) is 7.16. The first-order chi connectivity index (χ1) is 9.57. The predicted molar refractivity (Wildman–Crippen MR) is 80.3 cm³/mol. The van der Waals surface area contributed by atoms with Crippen LogP contribution in [-0.2, 0) is 11.2 Å². The molecule has 1 heterocycles. The van der Waals surface area contributed by atoms with Crippen LogP contribution in [0.3, 0.4) is 0 Å². The van der Waals surface area contributed by atoms with Crippen molar-refractivity contribution in [2.45, 2.75) is 32.2 Å². The first kappa shape index (κ1) is 13.2. The van der Waals surface area contributed by atoms with Crippen LogP contribution in [0.4, 0.5) is 0 Å². The number of H-pyrrole nitrogens is 1. The summed E-state index contributed by atoms with van der Waals surface area (Å²) in [5.41, 5.74) is 8.52. The predicted octanol–water partition coefficient (Wildman–Crippen LogP) is 1.95. The monoisotopic (exact) mass is 271 g/mol. The number of benzene rings is 1. The number of rotatable bonds is 5. The zero-order valence-electron chi connectivity index (χ0n) is 11.8. The molecule has 106 valence electrons. The lowest BCUT2D eigenvalue weighted by Gasteiger charge is -2.14. The standard InChI is InChI=1S/C16H21N3O/c1-16(6-7-16)10-19-15(20)13(17)8-11-9-18-14-5-3-2-4-12(11)14/h2-5,9,13,18H,6-8,10,17H2,1H3,(H,19,20)/t13-/m0/s1. The average Bonchev–Trinajstić information content (AvgIpc) is 3.06. The Labute approximate surface area is 118 Å². The van der Waals surface area contributed by atoms with E-state index in [1.165, 1.54) is 12.8 Å². The van der Waals surface area contributed by atoms with Gasteiger partial charge < -0.3 is 16.0 Å². The number of hydrogen-bond acceptors (Lipinski definition) is 2. The van der Waals surface area contributed by atoms with Gasteiger partial charge in [-0.25, -0.2) is 0 Å². The van der Waals surface area contributed by atoms with Gasteiger partial charge in [0.1, 0.15) is 0 Å². The molecule has 1 atom stereocenters. The Balaban J connectivity index is 1.63. The van der Waals surface area contributed by atoms with Crippen LogP contribution in [0.2, 0.25) is 0 Å². The van der Waals surface area contributed by atoms with Crippen molar-refractivity contribution in [2.75, 3.05) is 6.54 Å². The zero-order chi connectivity index (χ0) is 14.2. The van der Waals surface area contributed by atoms with Crippen LogP contribution >= 0.6 is 0 Å². The molecule has 0 saturated heterocycles. The van der Waals surface area contributed by atoms with E-state index in [0.717, 1.165) is 23.0 Å². The molecule has 2 aromatic rings. The highest BCUT2D eigenvalue weighted by molar-refractivity contribution is 5.86. The number of amides is 1. The lowest BCUT2D eigenvalue weighted by atomic mass is 10.0. The van der Waals surface area contributed by atoms with Crippen molar-refractivity contribution in [1.82, 2.24) is 10.3 Å². The van der Waals surface area contributed by atoms with Crippen LogP contribution < -0.4 is 11.1 Å². The van der Waals surface area contributed by atoms with Gasteiger partial charge in [-0.3, -0.25) is 4.79 Å². The Morgan fingerprint density at radius 1 is 1.45 bits per heavy atom. The average molecular weight is 271 g/mol. The van der Waals surface area contributed by atoms with Crippen molar-refractivity contribution in [3.05, 3.63) is 36.0 Å². The molecule has 0 unspecified atom stereocenters. The van der Waals surface area contributed by atoms with Gasteiger partial charge in [0.15, 0.2) is 0 Å². The lowest BCUT2D eigenvalue weighted by molar-refractivity contribution is -0.122. The van der Waals surface area contributed by atoms with Gasteiger partial charge in [-0.2, -0.15) is 0 Å². The molecular weight excluding hydrogens is 250 g/mol. The molecule has 3 rings (SSSR count). The zero-order valence-corrected chi connectivity index (χ0v) is 11.8. The van der Waals surface area contributed by atoms with Crippen LogP contribution in [0.15, 0.2) is 30.5 Å². The third kappa shape index (κ3) is 2.70. The van der Waals surface area contributed by atoms with Gasteiger partial charge in [-0.05, 0) is 36.3 Å². The summed E-state index contributed by atoms with van der Waals surface area (Å²) in [4.78, 5) is 15.2. The minimum absolute atomic E-state index is 0.0524. The number of nitrogens with one attached hydrogen (secondary N) is 2. The van der Waals surface area contributed by atoms with E-state index in [1.807, 2.05) is 24.4 Å². The van der Waals surface area contributed by atoms with Crippen molar-refractivity contribution in [3.63, 3.8) is 0 Å². The summed E-state index contributed by atoms with van der Waals surface area (Å²) in [6, 6.07) is 7.58. The molecule has 1 aromatic heterocycles. The molecule has 0 spiro atoms. The van der Waals surface area contributed by atoms with E-state index in [2.05, 4.69) is 23.3 Å². The molecule has 1 aliphatic carbocycles. The normalized spacial score (nSPS) is 17.9. The summed E-state index contributed by atoms with van der Waals surface area (Å²) in [5.74, 6) is -0.0524. The van der Waals surface area contributed by atoms with Gasteiger partial charge in [0.25, 0.3) is 0 Å². The van der Waals surface area contributed by atoms with Crippen molar-refractivity contribution in [1.29, 1.82) is 0 Å². The van der Waals surface area contributed by atoms with E-state index < -0.39 is 6.04 Å². The number of nitrogens with two attached hydrogens (primary N) is 1. The Morgan fingerprint density at radius 3 is 2.95 bits per heavy atom. The van der Waals surface area contributed by atoms with Gasteiger partial charge in [0.2, 0.25) is 5.91 Å². The summed E-state index contributed by atoms with van der Waals surface area (Å²) in [7, 11) is 0. The Kier molecular flexibility index (Phi) is 3.26. The van der Waals surface area contributed by atoms with E-state index in [-0.39, 0.29) is 5.91 Å². The molecule has 1 amide bonds. The van der Waals surface area contributed by atoms with Crippen molar-refractivity contribution in [2.24, 2.45) is 11.1 Å². The van der Waals surface area contributed by atoms with E-state index in [4.69, 9.17) is 5.73 Å². The van der Waals surface area contributed by atoms with Crippen LogP contribution in [-0.4, -0.2) is 23.5 Å². The fourth-order valence-corrected chi connectivity index (χ4v) is 2.45. The lowest BCUT2D eigenvalue weighted by Crippen LogP contribution is -2.43. The maximum Gasteiger partial charge on any atom is 0.237 e. The smallest absolute Gasteiger partial charge is 0.237 e. The fourth-order valence-electron chi connectivity index (χ4n) is 2.45. The minimum Gasteiger partial charge on any atom is -0.361 e. The maximum absolute atomic E-state index is 12.0. The summed E-state index contributed by atoms with van der Waals surface area (Å²) in [6.07, 6.45) is 4.91. The number of aromatic nitrogens is 1. The molecule has 1 fully saturated rings. The van der Waals surface area contributed by atoms with E-state index in [0.29, 0.717) is 11.8 Å². The van der Waals surface area contributed by atoms with Gasteiger partial charge >= 0.3 is 0 Å². The largest absolute Gasteiger partial charge is 0.361 e. The quantitative estimate of drug-likeness (QED) is 0.778. The van der Waals surface area contributed by atoms with Crippen molar-refractivity contribution < 1.29 is 4.79 Å². The van der Waals surface area contributed by atoms with Crippen LogP contribution in [0.25, 0.3) is 10.9 Å². The van der Waals surface area contributed by atoms with Crippen molar-refractivity contribution in [3.8, 4) is 0 Å². The van der Waals surface area contributed by atoms with Gasteiger partial charge in [-0.15, -0.1) is 0 Å². The fraction of sp³-hybridized carbons (Fsp3) is 0.438. The van der Waals surface area contributed by atoms with Crippen LogP contribution in [0.1, 0.15) is 25.3 Å². The number of carbonyl (C=O) groups excluding carboxylic acids is 1. The third-order valence-corrected chi connectivity index (χ3v) is 4.24. The molecule has 1 saturated carbocycles. The molecule has 1 aliphatic rings. The summed E-state index contributed by atoms with van der Waals surface area (Å²) in [6.45, 7) is 2.94. The second-order valence-corrected chi connectivity index (χ2v) is 6.20. The molecule has 4 nitrogen and oxygen atoms in total. The molecule has 0 radical (unpaired) electrons. The van der Waals surface area contributed by atoms with E-state index >= 15 is 0 Å². The Hall–Kier alpha value is -1.81. The number of para-hydroxylation sites is 1. The molecule has 4 heteroatoms. The topological polar surface area (TPSA) is 70.9 Å². The maximum atomic E-state index is 12.0. The van der Waals surface area contributed by atoms with Gasteiger partial charge in [-0.1, -0.05) is 25.1 Å². The van der Waals surface area contributed by atoms with Gasteiger partial charge in [0, 0.05) is 23.6 Å². The van der Waals surface area contributed by atoms with Crippen LogP contribution in [0, 0.1) is 5.41 Å². The summed E-state index contributed by atoms with van der Waals surface area (Å²) >= 11 is 0. The molecular formula is C16H21N3O. The van der Waals surface area contributed by atoms with Crippen LogP contribution in [0.5, 0.6) is 0 Å². The highest BCUT2D eigenvalue weighted by Crippen LogP contribution is 2.44. The first-order valence-corrected chi connectivity index (χ1v) is 7.16. The number of carbonyl (C=O) groups is 1.